The van der Waals surface area contributed by atoms with Crippen molar-refractivity contribution in [3.05, 3.63) is 51.7 Å². The van der Waals surface area contributed by atoms with Crippen LogP contribution in [0.25, 0.3) is 0 Å². The molecule has 194 valence electrons. The fraction of sp³-hybridized carbons (Fsp3) is 0.400. The second kappa shape index (κ2) is 11.0. The highest BCUT2D eigenvalue weighted by Gasteiger charge is 2.29. The third kappa shape index (κ3) is 5.84. The Balaban J connectivity index is 1.22. The number of halogens is 1. The van der Waals surface area contributed by atoms with E-state index in [-0.39, 0.29) is 17.9 Å². The SMILES string of the molecule is Cc1nc(Nc2ncc(C(=O)Nc3c(C)cccc3Cl)s2)cc(N2CCN(C(=O)[C@@H]3CCCN3)CC2)n1. The largest absolute Gasteiger partial charge is 0.353 e. The maximum Gasteiger partial charge on any atom is 0.267 e. The van der Waals surface area contributed by atoms with Crippen molar-refractivity contribution in [3.63, 3.8) is 0 Å². The van der Waals surface area contributed by atoms with Crippen LogP contribution < -0.4 is 20.9 Å². The van der Waals surface area contributed by atoms with E-state index in [2.05, 4.69) is 35.8 Å². The number of para-hydroxylation sites is 1. The number of hydrogen-bond acceptors (Lipinski definition) is 9. The predicted octanol–water partition coefficient (Wildman–Crippen LogP) is 3.60. The van der Waals surface area contributed by atoms with E-state index in [4.69, 9.17) is 11.6 Å². The number of aryl methyl sites for hydroxylation is 2. The summed E-state index contributed by atoms with van der Waals surface area (Å²) in [5.41, 5.74) is 1.47. The molecule has 1 aromatic carbocycles. The van der Waals surface area contributed by atoms with Gasteiger partial charge in [-0.3, -0.25) is 9.59 Å². The van der Waals surface area contributed by atoms with Crippen molar-refractivity contribution in [3.8, 4) is 0 Å². The molecular weight excluding hydrogens is 512 g/mol. The zero-order valence-corrected chi connectivity index (χ0v) is 22.3. The summed E-state index contributed by atoms with van der Waals surface area (Å²) in [4.78, 5) is 43.5. The number of benzene rings is 1. The number of carbonyl (C=O) groups excluding carboxylic acids is 2. The van der Waals surface area contributed by atoms with Crippen LogP contribution in [0, 0.1) is 13.8 Å². The van der Waals surface area contributed by atoms with Crippen molar-refractivity contribution in [2.75, 3.05) is 48.3 Å². The Morgan fingerprint density at radius 2 is 1.97 bits per heavy atom. The number of amides is 2. The summed E-state index contributed by atoms with van der Waals surface area (Å²) in [6, 6.07) is 7.30. The van der Waals surface area contributed by atoms with Gasteiger partial charge in [0.1, 0.15) is 22.3 Å². The molecule has 5 rings (SSSR count). The average molecular weight is 541 g/mol. The summed E-state index contributed by atoms with van der Waals surface area (Å²) in [6.07, 6.45) is 3.50. The summed E-state index contributed by atoms with van der Waals surface area (Å²) in [5.74, 6) is 1.94. The van der Waals surface area contributed by atoms with E-state index in [1.54, 1.807) is 6.07 Å². The van der Waals surface area contributed by atoms with Crippen molar-refractivity contribution in [2.24, 2.45) is 0 Å². The number of piperazine rings is 1. The van der Waals surface area contributed by atoms with Gasteiger partial charge in [0.25, 0.3) is 5.91 Å². The van der Waals surface area contributed by atoms with Crippen LogP contribution in [0.1, 0.15) is 33.9 Å². The normalized spacial score (nSPS) is 17.6. The lowest BCUT2D eigenvalue weighted by atomic mass is 10.2. The molecule has 2 aliphatic heterocycles. The second-order valence-electron chi connectivity index (χ2n) is 9.16. The quantitative estimate of drug-likeness (QED) is 0.434. The molecule has 0 unspecified atom stereocenters. The molecule has 37 heavy (non-hydrogen) atoms. The highest BCUT2D eigenvalue weighted by molar-refractivity contribution is 7.17. The Hall–Kier alpha value is -3.28. The van der Waals surface area contributed by atoms with Crippen LogP contribution in [-0.4, -0.2) is 70.4 Å². The fourth-order valence-corrected chi connectivity index (χ4v) is 5.55. The average Bonchev–Trinajstić information content (AvgIpc) is 3.58. The van der Waals surface area contributed by atoms with Gasteiger partial charge in [-0.15, -0.1) is 0 Å². The van der Waals surface area contributed by atoms with E-state index in [0.717, 1.165) is 30.8 Å². The predicted molar refractivity (Wildman–Crippen MR) is 146 cm³/mol. The molecule has 0 bridgehead atoms. The van der Waals surface area contributed by atoms with Gasteiger partial charge >= 0.3 is 0 Å². The maximum absolute atomic E-state index is 12.8. The van der Waals surface area contributed by atoms with Crippen LogP contribution in [0.5, 0.6) is 0 Å². The van der Waals surface area contributed by atoms with Crippen LogP contribution in [0.2, 0.25) is 5.02 Å². The molecular formula is C25H29ClN8O2S. The topological polar surface area (TPSA) is 115 Å². The Labute approximate surface area is 224 Å². The molecule has 0 saturated carbocycles. The van der Waals surface area contributed by atoms with E-state index in [1.807, 2.05) is 36.9 Å². The smallest absolute Gasteiger partial charge is 0.267 e. The molecule has 10 nitrogen and oxygen atoms in total. The number of anilines is 4. The summed E-state index contributed by atoms with van der Waals surface area (Å²) in [7, 11) is 0. The van der Waals surface area contributed by atoms with Crippen molar-refractivity contribution in [1.82, 2.24) is 25.2 Å². The summed E-state index contributed by atoms with van der Waals surface area (Å²) >= 11 is 7.47. The van der Waals surface area contributed by atoms with Crippen molar-refractivity contribution >= 4 is 57.2 Å². The molecule has 2 fully saturated rings. The number of thiazole rings is 1. The molecule has 12 heteroatoms. The van der Waals surface area contributed by atoms with Gasteiger partial charge in [-0.25, -0.2) is 15.0 Å². The molecule has 2 aromatic heterocycles. The van der Waals surface area contributed by atoms with Crippen LogP contribution in [0.15, 0.2) is 30.5 Å². The molecule has 3 N–H and O–H groups in total. The van der Waals surface area contributed by atoms with E-state index in [0.29, 0.717) is 58.5 Å². The molecule has 0 spiro atoms. The first-order chi connectivity index (χ1) is 17.9. The number of hydrogen-bond donors (Lipinski definition) is 3. The maximum atomic E-state index is 12.8. The van der Waals surface area contributed by atoms with Crippen molar-refractivity contribution in [2.45, 2.75) is 32.7 Å². The van der Waals surface area contributed by atoms with Gasteiger partial charge in [-0.05, 0) is 44.9 Å². The molecule has 2 saturated heterocycles. The van der Waals surface area contributed by atoms with Gasteiger partial charge in [0, 0.05) is 32.2 Å². The summed E-state index contributed by atoms with van der Waals surface area (Å²) in [5, 5.41) is 10.4. The lowest BCUT2D eigenvalue weighted by Crippen LogP contribution is -2.53. The Kier molecular flexibility index (Phi) is 7.54. The number of carbonyl (C=O) groups is 2. The van der Waals surface area contributed by atoms with Gasteiger partial charge < -0.3 is 25.8 Å². The first-order valence-corrected chi connectivity index (χ1v) is 13.5. The third-order valence-corrected chi connectivity index (χ3v) is 7.75. The number of aromatic nitrogens is 3. The minimum absolute atomic E-state index is 0.0392. The van der Waals surface area contributed by atoms with E-state index < -0.39 is 0 Å². The first kappa shape index (κ1) is 25.4. The summed E-state index contributed by atoms with van der Waals surface area (Å²) in [6.45, 7) is 7.39. The zero-order chi connectivity index (χ0) is 25.9. The second-order valence-corrected chi connectivity index (χ2v) is 10.6. The molecule has 1 atom stereocenters. The van der Waals surface area contributed by atoms with E-state index >= 15 is 0 Å². The Morgan fingerprint density at radius 1 is 1.16 bits per heavy atom. The molecule has 0 aliphatic carbocycles. The van der Waals surface area contributed by atoms with E-state index in [1.165, 1.54) is 17.5 Å². The van der Waals surface area contributed by atoms with Crippen molar-refractivity contribution in [1.29, 1.82) is 0 Å². The van der Waals surface area contributed by atoms with Crippen LogP contribution in [-0.2, 0) is 4.79 Å². The Bertz CT molecular complexity index is 1280. The minimum Gasteiger partial charge on any atom is -0.353 e. The van der Waals surface area contributed by atoms with Crippen LogP contribution in [0.3, 0.4) is 0 Å². The molecule has 3 aromatic rings. The lowest BCUT2D eigenvalue weighted by molar-refractivity contribution is -0.133. The van der Waals surface area contributed by atoms with Gasteiger partial charge in [-0.1, -0.05) is 35.1 Å². The van der Waals surface area contributed by atoms with E-state index in [9.17, 15) is 9.59 Å². The fourth-order valence-electron chi connectivity index (χ4n) is 4.56. The molecule has 2 aliphatic rings. The van der Waals surface area contributed by atoms with Crippen LogP contribution >= 0.6 is 22.9 Å². The van der Waals surface area contributed by atoms with Crippen LogP contribution in [0.4, 0.5) is 22.5 Å². The standard InChI is InChI=1S/C25H29ClN8O2S/c1-15-5-3-6-17(26)22(15)32-23(35)19-14-28-25(37-19)31-20-13-21(30-16(2)29-20)33-9-11-34(12-10-33)24(36)18-7-4-8-27-18/h3,5-6,13-14,18,27H,4,7-12H2,1-2H3,(H,32,35)(H,28,29,30,31)/t18-/m0/s1. The number of rotatable bonds is 6. The number of nitrogens with one attached hydrogen (secondary N) is 3. The highest BCUT2D eigenvalue weighted by atomic mass is 35.5. The molecule has 0 radical (unpaired) electrons. The minimum atomic E-state index is -0.276. The zero-order valence-electron chi connectivity index (χ0n) is 20.8. The molecule has 4 heterocycles. The van der Waals surface area contributed by atoms with Crippen molar-refractivity contribution < 1.29 is 9.59 Å². The monoisotopic (exact) mass is 540 g/mol. The highest BCUT2D eigenvalue weighted by Crippen LogP contribution is 2.28. The third-order valence-electron chi connectivity index (χ3n) is 6.52. The Morgan fingerprint density at radius 3 is 2.70 bits per heavy atom. The molecule has 2 amide bonds. The lowest BCUT2D eigenvalue weighted by Gasteiger charge is -2.36. The van der Waals surface area contributed by atoms with Gasteiger partial charge in [0.2, 0.25) is 5.91 Å². The van der Waals surface area contributed by atoms with Gasteiger partial charge in [0.15, 0.2) is 5.13 Å². The number of nitrogens with zero attached hydrogens (tertiary/aromatic N) is 5. The van der Waals surface area contributed by atoms with Gasteiger partial charge in [-0.2, -0.15) is 0 Å². The van der Waals surface area contributed by atoms with Gasteiger partial charge in [0.05, 0.1) is 22.9 Å². The summed E-state index contributed by atoms with van der Waals surface area (Å²) < 4.78 is 0. The first-order valence-electron chi connectivity index (χ1n) is 12.3.